The Balaban J connectivity index is 1.38. The number of carbonyl (C=O) groups excluding carboxylic acids is 2. The Bertz CT molecular complexity index is 1060. The van der Waals surface area contributed by atoms with Crippen molar-refractivity contribution in [1.82, 2.24) is 9.99 Å². The number of benzene rings is 2. The summed E-state index contributed by atoms with van der Waals surface area (Å²) in [6, 6.07) is 18.9. The van der Waals surface area contributed by atoms with Crippen molar-refractivity contribution in [3.05, 3.63) is 77.7 Å². The molecule has 0 spiro atoms. The maximum Gasteiger partial charge on any atom is 0.361 e. The Morgan fingerprint density at radius 2 is 1.69 bits per heavy atom. The predicted octanol–water partition coefficient (Wildman–Crippen LogP) is 3.44. The minimum absolute atomic E-state index is 0.0616. The molecule has 3 aromatic rings. The molecule has 2 aromatic carbocycles. The minimum Gasteiger partial charge on any atom is -0.451 e. The third-order valence-electron chi connectivity index (χ3n) is 4.53. The van der Waals surface area contributed by atoms with Crippen LogP contribution in [0, 0.1) is 6.92 Å². The zero-order valence-electron chi connectivity index (χ0n) is 15.9. The number of nitrogens with zero attached hydrogens (tertiary/aromatic N) is 3. The average molecular weight is 389 g/mol. The van der Waals surface area contributed by atoms with E-state index in [2.05, 4.69) is 10.1 Å². The molecule has 1 amide bonds. The molecule has 29 heavy (non-hydrogen) atoms. The van der Waals surface area contributed by atoms with Crippen molar-refractivity contribution >= 4 is 17.6 Å². The van der Waals surface area contributed by atoms with Gasteiger partial charge in [0, 0.05) is 12.0 Å². The van der Waals surface area contributed by atoms with Gasteiger partial charge in [0.15, 0.2) is 12.3 Å². The first-order valence-electron chi connectivity index (χ1n) is 9.25. The molecule has 146 valence electrons. The van der Waals surface area contributed by atoms with Crippen molar-refractivity contribution in [1.29, 1.82) is 0 Å². The Morgan fingerprint density at radius 3 is 2.38 bits per heavy atom. The molecule has 1 aromatic heterocycles. The normalized spacial score (nSPS) is 13.3. The maximum absolute atomic E-state index is 12.4. The minimum atomic E-state index is -0.701. The van der Waals surface area contributed by atoms with E-state index < -0.39 is 12.6 Å². The first-order valence-corrected chi connectivity index (χ1v) is 9.25. The fourth-order valence-corrected chi connectivity index (χ4v) is 3.03. The van der Waals surface area contributed by atoms with Gasteiger partial charge in [0.25, 0.3) is 5.91 Å². The number of amides is 1. The molecule has 7 nitrogen and oxygen atoms in total. The van der Waals surface area contributed by atoms with Crippen LogP contribution in [0.1, 0.15) is 28.2 Å². The molecule has 0 saturated heterocycles. The standard InChI is InChI=1S/C22H19N3O4/c1-15-20(23-21(29-15)17-10-6-3-7-11-17)22(27)28-14-19(26)25-13-12-18(24-25)16-8-4-2-5-9-16/h2-11H,12-14H2,1H3. The molecule has 0 aliphatic carbocycles. The lowest BCUT2D eigenvalue weighted by molar-refractivity contribution is -0.134. The van der Waals surface area contributed by atoms with E-state index in [4.69, 9.17) is 9.15 Å². The number of esters is 1. The summed E-state index contributed by atoms with van der Waals surface area (Å²) in [6.45, 7) is 1.69. The second-order valence-electron chi connectivity index (χ2n) is 6.55. The van der Waals surface area contributed by atoms with Gasteiger partial charge in [-0.05, 0) is 24.6 Å². The van der Waals surface area contributed by atoms with E-state index in [1.165, 1.54) is 5.01 Å². The third kappa shape index (κ3) is 4.08. The van der Waals surface area contributed by atoms with Crippen LogP contribution < -0.4 is 0 Å². The Labute approximate surface area is 167 Å². The van der Waals surface area contributed by atoms with E-state index in [1.54, 1.807) is 6.92 Å². The summed E-state index contributed by atoms with van der Waals surface area (Å²) < 4.78 is 10.7. The highest BCUT2D eigenvalue weighted by molar-refractivity contribution is 6.02. The number of hydrazone groups is 1. The van der Waals surface area contributed by atoms with Crippen LogP contribution in [0.4, 0.5) is 0 Å². The van der Waals surface area contributed by atoms with Crippen molar-refractivity contribution in [2.75, 3.05) is 13.2 Å². The number of oxazole rings is 1. The van der Waals surface area contributed by atoms with Crippen LogP contribution in [0.2, 0.25) is 0 Å². The van der Waals surface area contributed by atoms with Crippen LogP contribution in [0.25, 0.3) is 11.5 Å². The summed E-state index contributed by atoms with van der Waals surface area (Å²) in [5.74, 6) is -0.410. The predicted molar refractivity (Wildman–Crippen MR) is 106 cm³/mol. The van der Waals surface area contributed by atoms with E-state index in [0.717, 1.165) is 16.8 Å². The fraction of sp³-hybridized carbons (Fsp3) is 0.182. The number of aryl methyl sites for hydroxylation is 1. The largest absolute Gasteiger partial charge is 0.451 e. The van der Waals surface area contributed by atoms with E-state index >= 15 is 0 Å². The van der Waals surface area contributed by atoms with Crippen LogP contribution in [-0.4, -0.2) is 40.7 Å². The molecule has 0 N–H and O–H groups in total. The molecule has 0 bridgehead atoms. The fourth-order valence-electron chi connectivity index (χ4n) is 3.03. The smallest absolute Gasteiger partial charge is 0.361 e. The van der Waals surface area contributed by atoms with Crippen molar-refractivity contribution < 1.29 is 18.7 Å². The lowest BCUT2D eigenvalue weighted by Crippen LogP contribution is -2.29. The van der Waals surface area contributed by atoms with Gasteiger partial charge in [0.1, 0.15) is 5.76 Å². The van der Waals surface area contributed by atoms with E-state index in [9.17, 15) is 9.59 Å². The first kappa shape index (κ1) is 18.6. The Kier molecular flexibility index (Phi) is 5.20. The molecule has 0 saturated carbocycles. The van der Waals surface area contributed by atoms with Gasteiger partial charge in [0.05, 0.1) is 12.3 Å². The molecule has 4 rings (SSSR count). The van der Waals surface area contributed by atoms with Crippen LogP contribution in [0.5, 0.6) is 0 Å². The first-order chi connectivity index (χ1) is 14.1. The van der Waals surface area contributed by atoms with Crippen LogP contribution in [0.15, 0.2) is 70.2 Å². The highest BCUT2D eigenvalue weighted by Crippen LogP contribution is 2.22. The number of rotatable bonds is 5. The number of ether oxygens (including phenoxy) is 1. The topological polar surface area (TPSA) is 85.0 Å². The quantitative estimate of drug-likeness (QED) is 0.624. The SMILES string of the molecule is Cc1oc(-c2ccccc2)nc1C(=O)OCC(=O)N1CCC(c2ccccc2)=N1. The third-order valence-corrected chi connectivity index (χ3v) is 4.53. The second kappa shape index (κ2) is 8.10. The summed E-state index contributed by atoms with van der Waals surface area (Å²) in [4.78, 5) is 28.9. The van der Waals surface area contributed by atoms with E-state index in [0.29, 0.717) is 24.6 Å². The molecule has 2 heterocycles. The lowest BCUT2D eigenvalue weighted by Gasteiger charge is -2.11. The van der Waals surface area contributed by atoms with Gasteiger partial charge in [-0.1, -0.05) is 48.5 Å². The summed E-state index contributed by atoms with van der Waals surface area (Å²) in [6.07, 6.45) is 0.659. The molecular weight excluding hydrogens is 370 g/mol. The Morgan fingerprint density at radius 1 is 1.03 bits per heavy atom. The zero-order valence-corrected chi connectivity index (χ0v) is 15.9. The summed E-state index contributed by atoms with van der Waals surface area (Å²) in [5, 5.41) is 5.68. The lowest BCUT2D eigenvalue weighted by atomic mass is 10.1. The van der Waals surface area contributed by atoms with Crippen LogP contribution >= 0.6 is 0 Å². The van der Waals surface area contributed by atoms with Crippen molar-refractivity contribution in [2.45, 2.75) is 13.3 Å². The monoisotopic (exact) mass is 389 g/mol. The van der Waals surface area contributed by atoms with Gasteiger partial charge >= 0.3 is 5.97 Å². The van der Waals surface area contributed by atoms with Gasteiger partial charge < -0.3 is 9.15 Å². The maximum atomic E-state index is 12.4. The number of hydrogen-bond donors (Lipinski definition) is 0. The van der Waals surface area contributed by atoms with E-state index in [1.807, 2.05) is 60.7 Å². The van der Waals surface area contributed by atoms with E-state index in [-0.39, 0.29) is 11.6 Å². The molecule has 7 heteroatoms. The van der Waals surface area contributed by atoms with Crippen molar-refractivity contribution in [3.8, 4) is 11.5 Å². The average Bonchev–Trinajstić information content (AvgIpc) is 3.40. The van der Waals surface area contributed by atoms with Crippen LogP contribution in [-0.2, 0) is 9.53 Å². The molecule has 1 aliphatic heterocycles. The molecule has 0 unspecified atom stereocenters. The van der Waals surface area contributed by atoms with Gasteiger partial charge in [-0.15, -0.1) is 0 Å². The molecular formula is C22H19N3O4. The molecule has 0 fully saturated rings. The van der Waals surface area contributed by atoms with Crippen molar-refractivity contribution in [3.63, 3.8) is 0 Å². The molecule has 0 atom stereocenters. The van der Waals surface area contributed by atoms with Gasteiger partial charge in [-0.25, -0.2) is 14.8 Å². The highest BCUT2D eigenvalue weighted by atomic mass is 16.5. The zero-order chi connectivity index (χ0) is 20.2. The van der Waals surface area contributed by atoms with Gasteiger partial charge in [0.2, 0.25) is 5.89 Å². The summed E-state index contributed by atoms with van der Waals surface area (Å²) >= 11 is 0. The van der Waals surface area contributed by atoms with Crippen molar-refractivity contribution in [2.24, 2.45) is 5.10 Å². The molecule has 0 radical (unpaired) electrons. The molecule has 1 aliphatic rings. The summed E-state index contributed by atoms with van der Waals surface area (Å²) in [7, 11) is 0. The Hall–Kier alpha value is -3.74. The number of aromatic nitrogens is 1. The van der Waals surface area contributed by atoms with Gasteiger partial charge in [-0.2, -0.15) is 5.10 Å². The summed E-state index contributed by atoms with van der Waals surface area (Å²) in [5.41, 5.74) is 2.63. The van der Waals surface area contributed by atoms with Crippen LogP contribution in [0.3, 0.4) is 0 Å². The number of carbonyl (C=O) groups is 2. The highest BCUT2D eigenvalue weighted by Gasteiger charge is 2.24. The number of hydrogen-bond acceptors (Lipinski definition) is 6. The van der Waals surface area contributed by atoms with Gasteiger partial charge in [-0.3, -0.25) is 4.79 Å². The second-order valence-corrected chi connectivity index (χ2v) is 6.55.